The normalized spacial score (nSPS) is 10.8. The summed E-state index contributed by atoms with van der Waals surface area (Å²) < 4.78 is 11.8. The molecule has 0 bridgehead atoms. The van der Waals surface area contributed by atoms with Crippen LogP contribution in [-0.2, 0) is 19.3 Å². The van der Waals surface area contributed by atoms with Gasteiger partial charge < -0.3 is 9.47 Å². The minimum absolute atomic E-state index is 0.560. The van der Waals surface area contributed by atoms with E-state index in [0.29, 0.717) is 11.8 Å². The summed E-state index contributed by atoms with van der Waals surface area (Å²) in [7, 11) is 3.27. The highest BCUT2D eigenvalue weighted by Crippen LogP contribution is 2.34. The molecule has 7 heteroatoms. The number of aromatic nitrogens is 4. The summed E-state index contributed by atoms with van der Waals surface area (Å²) in [6.45, 7) is 6.48. The highest BCUT2D eigenvalue weighted by molar-refractivity contribution is 14.1. The van der Waals surface area contributed by atoms with Gasteiger partial charge in [0.1, 0.15) is 11.4 Å². The van der Waals surface area contributed by atoms with Gasteiger partial charge in [-0.05, 0) is 47.4 Å². The van der Waals surface area contributed by atoms with Crippen LogP contribution in [0.3, 0.4) is 0 Å². The molecule has 0 fully saturated rings. The first-order chi connectivity index (χ1) is 12.6. The summed E-state index contributed by atoms with van der Waals surface area (Å²) in [5.41, 5.74) is 5.07. The van der Waals surface area contributed by atoms with E-state index in [9.17, 15) is 0 Å². The van der Waals surface area contributed by atoms with E-state index in [1.165, 1.54) is 5.56 Å². The van der Waals surface area contributed by atoms with Gasteiger partial charge >= 0.3 is 0 Å². The van der Waals surface area contributed by atoms with Crippen molar-refractivity contribution in [3.63, 3.8) is 0 Å². The van der Waals surface area contributed by atoms with Gasteiger partial charge in [0.2, 0.25) is 11.8 Å². The number of methoxy groups -OCH3 is 2. The van der Waals surface area contributed by atoms with Crippen LogP contribution < -0.4 is 9.47 Å². The van der Waals surface area contributed by atoms with E-state index >= 15 is 0 Å². The molecule has 0 aromatic carbocycles. The van der Waals surface area contributed by atoms with Gasteiger partial charge in [0.05, 0.1) is 17.8 Å². The SMILES string of the molecule is CCCc1c(-c2nnc(OC)c(CCC)c2CCC)nnc(OC)c1I. The van der Waals surface area contributed by atoms with Crippen molar-refractivity contribution in [1.82, 2.24) is 20.4 Å². The molecule has 0 atom stereocenters. The maximum absolute atomic E-state index is 5.48. The van der Waals surface area contributed by atoms with Crippen molar-refractivity contribution >= 4 is 22.6 Å². The minimum Gasteiger partial charge on any atom is -0.480 e. The Bertz CT molecular complexity index is 753. The molecule has 2 aromatic heterocycles. The molecule has 0 unspecified atom stereocenters. The minimum atomic E-state index is 0.560. The standard InChI is InChI=1S/C19H27IN4O2/c1-6-9-12-13(10-7-2)18(25-4)23-21-16(12)17-14(11-8-3)15(20)19(26-5)24-22-17/h6-11H2,1-5H3. The van der Waals surface area contributed by atoms with E-state index in [-0.39, 0.29) is 0 Å². The summed E-state index contributed by atoms with van der Waals surface area (Å²) in [5, 5.41) is 17.6. The molecule has 2 rings (SSSR count). The zero-order valence-electron chi connectivity index (χ0n) is 16.2. The lowest BCUT2D eigenvalue weighted by molar-refractivity contribution is 0.384. The maximum Gasteiger partial charge on any atom is 0.247 e. The lowest BCUT2D eigenvalue weighted by Gasteiger charge is -2.17. The van der Waals surface area contributed by atoms with Crippen LogP contribution in [-0.4, -0.2) is 34.6 Å². The fourth-order valence-corrected chi connectivity index (χ4v) is 3.95. The smallest absolute Gasteiger partial charge is 0.247 e. The first kappa shape index (κ1) is 20.8. The molecule has 2 aromatic rings. The molecule has 0 amide bonds. The first-order valence-electron chi connectivity index (χ1n) is 9.14. The Kier molecular flexibility index (Phi) is 7.99. The largest absolute Gasteiger partial charge is 0.480 e. The van der Waals surface area contributed by atoms with Gasteiger partial charge in [-0.3, -0.25) is 0 Å². The Balaban J connectivity index is 2.75. The van der Waals surface area contributed by atoms with E-state index < -0.39 is 0 Å². The fraction of sp³-hybridized carbons (Fsp3) is 0.579. The number of halogens is 1. The van der Waals surface area contributed by atoms with Crippen molar-refractivity contribution in [1.29, 1.82) is 0 Å². The Morgan fingerprint density at radius 2 is 1.12 bits per heavy atom. The van der Waals surface area contributed by atoms with Crippen LogP contribution in [0.5, 0.6) is 11.8 Å². The van der Waals surface area contributed by atoms with Crippen LogP contribution in [0.4, 0.5) is 0 Å². The second kappa shape index (κ2) is 9.99. The third-order valence-electron chi connectivity index (χ3n) is 4.24. The predicted octanol–water partition coefficient (Wildman–Crippen LogP) is 4.41. The summed E-state index contributed by atoms with van der Waals surface area (Å²) in [6, 6.07) is 0. The third kappa shape index (κ3) is 4.24. The second-order valence-corrected chi connectivity index (χ2v) is 7.19. The topological polar surface area (TPSA) is 70.0 Å². The predicted molar refractivity (Wildman–Crippen MR) is 111 cm³/mol. The molecule has 0 N–H and O–H groups in total. The van der Waals surface area contributed by atoms with Crippen molar-refractivity contribution in [2.45, 2.75) is 59.3 Å². The molecular weight excluding hydrogens is 443 g/mol. The molecule has 0 aliphatic rings. The van der Waals surface area contributed by atoms with Crippen LogP contribution in [0, 0.1) is 3.57 Å². The zero-order chi connectivity index (χ0) is 19.1. The van der Waals surface area contributed by atoms with Crippen molar-refractivity contribution < 1.29 is 9.47 Å². The summed E-state index contributed by atoms with van der Waals surface area (Å²) in [6.07, 6.45) is 5.75. The molecule has 0 aliphatic carbocycles. The Morgan fingerprint density at radius 3 is 1.65 bits per heavy atom. The quantitative estimate of drug-likeness (QED) is 0.506. The van der Waals surface area contributed by atoms with Gasteiger partial charge in [0.15, 0.2) is 0 Å². The van der Waals surface area contributed by atoms with Crippen LogP contribution in [0.1, 0.15) is 56.7 Å². The van der Waals surface area contributed by atoms with Crippen LogP contribution in [0.2, 0.25) is 0 Å². The van der Waals surface area contributed by atoms with Crippen molar-refractivity contribution in [2.24, 2.45) is 0 Å². The van der Waals surface area contributed by atoms with Crippen LogP contribution in [0.15, 0.2) is 0 Å². The molecule has 26 heavy (non-hydrogen) atoms. The van der Waals surface area contributed by atoms with Gasteiger partial charge in [-0.25, -0.2) is 0 Å². The fourth-order valence-electron chi connectivity index (χ4n) is 3.10. The van der Waals surface area contributed by atoms with E-state index in [4.69, 9.17) is 9.47 Å². The summed E-state index contributed by atoms with van der Waals surface area (Å²) >= 11 is 2.29. The molecule has 0 saturated heterocycles. The number of ether oxygens (including phenoxy) is 2. The molecular formula is C19H27IN4O2. The Morgan fingerprint density at radius 1 is 0.654 bits per heavy atom. The summed E-state index contributed by atoms with van der Waals surface area (Å²) in [4.78, 5) is 0. The number of nitrogens with zero attached hydrogens (tertiary/aromatic N) is 4. The number of rotatable bonds is 9. The third-order valence-corrected chi connectivity index (χ3v) is 5.35. The Hall–Kier alpha value is -1.51. The van der Waals surface area contributed by atoms with Crippen LogP contribution >= 0.6 is 22.6 Å². The second-order valence-electron chi connectivity index (χ2n) is 6.12. The van der Waals surface area contributed by atoms with Crippen molar-refractivity contribution in [3.05, 3.63) is 20.3 Å². The molecule has 0 saturated carbocycles. The maximum atomic E-state index is 5.48. The summed E-state index contributed by atoms with van der Waals surface area (Å²) in [5.74, 6) is 1.18. The lowest BCUT2D eigenvalue weighted by atomic mass is 9.95. The van der Waals surface area contributed by atoms with Gasteiger partial charge in [-0.2, -0.15) is 0 Å². The van der Waals surface area contributed by atoms with Crippen LogP contribution in [0.25, 0.3) is 11.4 Å². The van der Waals surface area contributed by atoms with E-state index in [1.54, 1.807) is 14.2 Å². The monoisotopic (exact) mass is 470 g/mol. The number of hydrogen-bond donors (Lipinski definition) is 0. The van der Waals surface area contributed by atoms with Gasteiger partial charge in [0, 0.05) is 11.1 Å². The molecule has 142 valence electrons. The molecule has 2 heterocycles. The Labute approximate surface area is 169 Å². The lowest BCUT2D eigenvalue weighted by Crippen LogP contribution is -2.10. The van der Waals surface area contributed by atoms with E-state index in [0.717, 1.165) is 64.6 Å². The molecule has 6 nitrogen and oxygen atoms in total. The number of hydrogen-bond acceptors (Lipinski definition) is 6. The van der Waals surface area contributed by atoms with Crippen molar-refractivity contribution in [3.8, 4) is 23.1 Å². The highest BCUT2D eigenvalue weighted by atomic mass is 127. The van der Waals surface area contributed by atoms with E-state index in [1.807, 2.05) is 0 Å². The van der Waals surface area contributed by atoms with Gasteiger partial charge in [-0.15, -0.1) is 20.4 Å². The zero-order valence-corrected chi connectivity index (χ0v) is 18.4. The highest BCUT2D eigenvalue weighted by Gasteiger charge is 2.23. The van der Waals surface area contributed by atoms with Gasteiger partial charge in [0.25, 0.3) is 0 Å². The molecule has 0 spiro atoms. The van der Waals surface area contributed by atoms with E-state index in [2.05, 4.69) is 63.8 Å². The van der Waals surface area contributed by atoms with Gasteiger partial charge in [-0.1, -0.05) is 40.0 Å². The first-order valence-corrected chi connectivity index (χ1v) is 10.2. The average molecular weight is 470 g/mol. The molecule has 0 radical (unpaired) electrons. The molecule has 0 aliphatic heterocycles. The average Bonchev–Trinajstić information content (AvgIpc) is 2.65. The van der Waals surface area contributed by atoms with Crippen molar-refractivity contribution in [2.75, 3.05) is 14.2 Å².